The highest BCUT2D eigenvalue weighted by molar-refractivity contribution is 7.99. The van der Waals surface area contributed by atoms with E-state index in [0.717, 1.165) is 20.5 Å². The van der Waals surface area contributed by atoms with Crippen LogP contribution in [0.1, 0.15) is 10.9 Å². The molecule has 0 radical (unpaired) electrons. The Morgan fingerprint density at radius 3 is 2.10 bits per heavy atom. The van der Waals surface area contributed by atoms with Crippen LogP contribution >= 0.6 is 35.0 Å². The van der Waals surface area contributed by atoms with Gasteiger partial charge in [-0.2, -0.15) is 0 Å². The van der Waals surface area contributed by atoms with Gasteiger partial charge < -0.3 is 4.57 Å². The summed E-state index contributed by atoms with van der Waals surface area (Å²) in [5.74, 6) is 0. The van der Waals surface area contributed by atoms with Crippen molar-refractivity contribution in [1.82, 2.24) is 9.55 Å². The molecule has 1 heterocycles. The van der Waals surface area contributed by atoms with E-state index in [4.69, 9.17) is 23.2 Å². The van der Waals surface area contributed by atoms with Gasteiger partial charge in [0.05, 0.1) is 6.33 Å². The summed E-state index contributed by atoms with van der Waals surface area (Å²) in [6, 6.07) is 15.7. The van der Waals surface area contributed by atoms with Crippen molar-refractivity contribution in [3.05, 3.63) is 82.9 Å². The van der Waals surface area contributed by atoms with Crippen LogP contribution in [0.4, 0.5) is 0 Å². The normalized spacial score (nSPS) is 12.3. The lowest BCUT2D eigenvalue weighted by Crippen LogP contribution is -2.04. The highest BCUT2D eigenvalue weighted by Crippen LogP contribution is 2.37. The first-order valence-electron chi connectivity index (χ1n) is 6.37. The van der Waals surface area contributed by atoms with Gasteiger partial charge in [0.25, 0.3) is 0 Å². The Bertz CT molecular complexity index is 694. The third-order valence-electron chi connectivity index (χ3n) is 3.01. The fourth-order valence-corrected chi connectivity index (χ4v) is 3.32. The minimum atomic E-state index is 0.103. The molecule has 0 aliphatic rings. The summed E-state index contributed by atoms with van der Waals surface area (Å²) in [5.41, 5.74) is 1.16. The van der Waals surface area contributed by atoms with Crippen molar-refractivity contribution in [2.75, 3.05) is 0 Å². The molecule has 0 bridgehead atoms. The van der Waals surface area contributed by atoms with Crippen LogP contribution in [0.15, 0.2) is 72.1 Å². The topological polar surface area (TPSA) is 17.8 Å². The number of hydrogen-bond donors (Lipinski definition) is 0. The van der Waals surface area contributed by atoms with Gasteiger partial charge in [0.2, 0.25) is 0 Å². The summed E-state index contributed by atoms with van der Waals surface area (Å²) in [5, 5.41) is 1.58. The number of halogens is 2. The average Bonchev–Trinajstić information content (AvgIpc) is 3.02. The van der Waals surface area contributed by atoms with Crippen LogP contribution < -0.4 is 0 Å². The van der Waals surface area contributed by atoms with Crippen molar-refractivity contribution < 1.29 is 0 Å². The number of thioether (sulfide) groups is 1. The summed E-state index contributed by atoms with van der Waals surface area (Å²) in [4.78, 5) is 5.29. The van der Waals surface area contributed by atoms with Gasteiger partial charge in [-0.3, -0.25) is 0 Å². The molecule has 3 rings (SSSR count). The largest absolute Gasteiger partial charge is 0.320 e. The summed E-state index contributed by atoms with van der Waals surface area (Å²) in [6.45, 7) is 0. The zero-order valence-electron chi connectivity index (χ0n) is 11.0. The van der Waals surface area contributed by atoms with Crippen LogP contribution in [0.3, 0.4) is 0 Å². The number of rotatable bonds is 4. The molecular formula is C16H12Cl2N2S. The second-order valence-corrected chi connectivity index (χ2v) is 6.51. The maximum Gasteiger partial charge on any atom is 0.110 e. The van der Waals surface area contributed by atoms with Gasteiger partial charge in [0.15, 0.2) is 0 Å². The lowest BCUT2D eigenvalue weighted by molar-refractivity contribution is 0.775. The molecule has 5 heteroatoms. The van der Waals surface area contributed by atoms with Crippen LogP contribution in [-0.2, 0) is 0 Å². The smallest absolute Gasteiger partial charge is 0.110 e. The Balaban J connectivity index is 1.93. The molecule has 106 valence electrons. The number of benzene rings is 2. The van der Waals surface area contributed by atoms with Gasteiger partial charge in [-0.15, -0.1) is 0 Å². The van der Waals surface area contributed by atoms with E-state index in [2.05, 4.69) is 9.55 Å². The van der Waals surface area contributed by atoms with Crippen LogP contribution in [0.2, 0.25) is 10.0 Å². The molecule has 0 saturated heterocycles. The molecule has 0 N–H and O–H groups in total. The quantitative estimate of drug-likeness (QED) is 0.584. The molecule has 0 aliphatic heterocycles. The van der Waals surface area contributed by atoms with E-state index in [-0.39, 0.29) is 5.37 Å². The first-order valence-corrected chi connectivity index (χ1v) is 8.01. The van der Waals surface area contributed by atoms with E-state index >= 15 is 0 Å². The standard InChI is InChI=1S/C16H12Cl2N2S/c17-13-3-1-12(2-4-13)16(20-10-9-19-11-20)21-15-7-5-14(18)6-8-15/h1-11,16H. The fraction of sp³-hybridized carbons (Fsp3) is 0.0625. The van der Waals surface area contributed by atoms with Crippen LogP contribution in [0, 0.1) is 0 Å². The van der Waals surface area contributed by atoms with Crippen LogP contribution in [0.25, 0.3) is 0 Å². The number of aromatic nitrogens is 2. The van der Waals surface area contributed by atoms with Crippen molar-refractivity contribution in [2.24, 2.45) is 0 Å². The Morgan fingerprint density at radius 1 is 0.905 bits per heavy atom. The summed E-state index contributed by atoms with van der Waals surface area (Å²) in [6.07, 6.45) is 5.57. The minimum absolute atomic E-state index is 0.103. The summed E-state index contributed by atoms with van der Waals surface area (Å²) in [7, 11) is 0. The number of nitrogens with zero attached hydrogens (tertiary/aromatic N) is 2. The highest BCUT2D eigenvalue weighted by Gasteiger charge is 2.14. The SMILES string of the molecule is Clc1ccc(SC(c2ccc(Cl)cc2)n2ccnc2)cc1. The van der Waals surface area contributed by atoms with Gasteiger partial charge in [-0.05, 0) is 42.0 Å². The van der Waals surface area contributed by atoms with Crippen molar-refractivity contribution in [1.29, 1.82) is 0 Å². The Morgan fingerprint density at radius 2 is 1.52 bits per heavy atom. The lowest BCUT2D eigenvalue weighted by Gasteiger charge is -2.18. The van der Waals surface area contributed by atoms with Crippen molar-refractivity contribution >= 4 is 35.0 Å². The van der Waals surface area contributed by atoms with Crippen molar-refractivity contribution in [3.8, 4) is 0 Å². The van der Waals surface area contributed by atoms with Gasteiger partial charge in [-0.1, -0.05) is 47.1 Å². The average molecular weight is 335 g/mol. The van der Waals surface area contributed by atoms with Crippen molar-refractivity contribution in [3.63, 3.8) is 0 Å². The second kappa shape index (κ2) is 6.56. The summed E-state index contributed by atoms with van der Waals surface area (Å²) >= 11 is 13.7. The second-order valence-electron chi connectivity index (χ2n) is 4.49. The number of hydrogen-bond acceptors (Lipinski definition) is 2. The molecule has 21 heavy (non-hydrogen) atoms. The maximum atomic E-state index is 5.98. The molecule has 2 aromatic carbocycles. The predicted octanol–water partition coefficient (Wildman–Crippen LogP) is 5.53. The zero-order valence-corrected chi connectivity index (χ0v) is 13.3. The Hall–Kier alpha value is -1.42. The van der Waals surface area contributed by atoms with Gasteiger partial charge in [0, 0.05) is 27.3 Å². The Labute approximate surface area is 137 Å². The molecule has 1 atom stereocenters. The molecule has 3 aromatic rings. The molecule has 0 amide bonds. The van der Waals surface area contributed by atoms with E-state index in [1.165, 1.54) is 0 Å². The fourth-order valence-electron chi connectivity index (χ4n) is 1.98. The molecule has 2 nitrogen and oxygen atoms in total. The van der Waals surface area contributed by atoms with E-state index in [9.17, 15) is 0 Å². The van der Waals surface area contributed by atoms with E-state index in [1.54, 1.807) is 18.0 Å². The molecule has 0 spiro atoms. The molecule has 0 saturated carbocycles. The van der Waals surface area contributed by atoms with Gasteiger partial charge in [0.1, 0.15) is 5.37 Å². The van der Waals surface area contributed by atoms with Crippen LogP contribution in [-0.4, -0.2) is 9.55 Å². The minimum Gasteiger partial charge on any atom is -0.320 e. The first kappa shape index (κ1) is 14.5. The number of imidazole rings is 1. The summed E-state index contributed by atoms with van der Waals surface area (Å²) < 4.78 is 2.07. The maximum absolute atomic E-state index is 5.98. The molecule has 0 aliphatic carbocycles. The molecular weight excluding hydrogens is 323 g/mol. The molecule has 0 fully saturated rings. The van der Waals surface area contributed by atoms with E-state index in [0.29, 0.717) is 0 Å². The monoisotopic (exact) mass is 334 g/mol. The van der Waals surface area contributed by atoms with Crippen LogP contribution in [0.5, 0.6) is 0 Å². The third kappa shape index (κ3) is 3.62. The van der Waals surface area contributed by atoms with Gasteiger partial charge >= 0.3 is 0 Å². The van der Waals surface area contributed by atoms with E-state index in [1.807, 2.05) is 61.1 Å². The Kier molecular flexibility index (Phi) is 4.54. The predicted molar refractivity (Wildman–Crippen MR) is 89.1 cm³/mol. The van der Waals surface area contributed by atoms with Gasteiger partial charge in [-0.25, -0.2) is 4.98 Å². The third-order valence-corrected chi connectivity index (χ3v) is 4.80. The molecule has 1 unspecified atom stereocenters. The highest BCUT2D eigenvalue weighted by atomic mass is 35.5. The van der Waals surface area contributed by atoms with Crippen molar-refractivity contribution in [2.45, 2.75) is 10.3 Å². The first-order chi connectivity index (χ1) is 10.2. The zero-order chi connectivity index (χ0) is 14.7. The molecule has 1 aromatic heterocycles. The van der Waals surface area contributed by atoms with E-state index < -0.39 is 0 Å². The lowest BCUT2D eigenvalue weighted by atomic mass is 10.2.